The van der Waals surface area contributed by atoms with Crippen LogP contribution in [0.5, 0.6) is 0 Å². The molecule has 0 amide bonds. The molecule has 0 spiro atoms. The van der Waals surface area contributed by atoms with Crippen LogP contribution < -0.4 is 0 Å². The third-order valence-electron chi connectivity index (χ3n) is 2.86. The second-order valence-electron chi connectivity index (χ2n) is 3.80. The van der Waals surface area contributed by atoms with E-state index in [-0.39, 0.29) is 0 Å². The molecule has 1 aromatic carbocycles. The average Bonchev–Trinajstić information content (AvgIpc) is 2.61. The fourth-order valence-electron chi connectivity index (χ4n) is 2.07. The summed E-state index contributed by atoms with van der Waals surface area (Å²) in [6.07, 6.45) is 1.58. The van der Waals surface area contributed by atoms with Crippen molar-refractivity contribution in [2.75, 3.05) is 0 Å². The van der Waals surface area contributed by atoms with Gasteiger partial charge in [0.15, 0.2) is 0 Å². The zero-order chi connectivity index (χ0) is 10.3. The Kier molecular flexibility index (Phi) is 2.12. The Bertz CT molecular complexity index is 525. The molecule has 1 aliphatic carbocycles. The molecule has 0 N–H and O–H groups in total. The second kappa shape index (κ2) is 3.48. The summed E-state index contributed by atoms with van der Waals surface area (Å²) < 4.78 is 1.38. The fourth-order valence-corrected chi connectivity index (χ4v) is 3.97. The fraction of sp³-hybridized carbons (Fsp3) is 0.154. The Labute approximate surface area is 94.5 Å². The maximum absolute atomic E-state index is 12.0. The number of hydrogen-bond donors (Lipinski definition) is 0. The van der Waals surface area contributed by atoms with Gasteiger partial charge in [-0.15, -0.1) is 0 Å². The Hall–Kier alpha value is -1.11. The number of fused-ring (bicyclic) bond motifs is 2. The first-order chi connectivity index (χ1) is 7.34. The Morgan fingerprint density at radius 3 is 2.80 bits per heavy atom. The Balaban J connectivity index is 2.19. The molecule has 2 heteroatoms. The standard InChI is InChI=1S/C13H10OSe/c14-12-8-13-10(5-6-15-13)7-9-3-1-2-4-11(9)12/h1-6H,7-8H2. The van der Waals surface area contributed by atoms with E-state index in [2.05, 4.69) is 17.1 Å². The van der Waals surface area contributed by atoms with Gasteiger partial charge < -0.3 is 0 Å². The van der Waals surface area contributed by atoms with E-state index in [9.17, 15) is 4.79 Å². The molecule has 0 saturated carbocycles. The van der Waals surface area contributed by atoms with Gasteiger partial charge in [-0.3, -0.25) is 0 Å². The molecule has 1 heterocycles. The van der Waals surface area contributed by atoms with E-state index in [1.807, 2.05) is 18.2 Å². The van der Waals surface area contributed by atoms with Crippen LogP contribution in [0.3, 0.4) is 0 Å². The van der Waals surface area contributed by atoms with Crippen molar-refractivity contribution in [3.63, 3.8) is 0 Å². The first-order valence-electron chi connectivity index (χ1n) is 5.01. The van der Waals surface area contributed by atoms with Gasteiger partial charge in [-0.25, -0.2) is 0 Å². The number of carbonyl (C=O) groups excluding carboxylic acids is 1. The maximum atomic E-state index is 12.0. The van der Waals surface area contributed by atoms with Crippen molar-refractivity contribution in [2.45, 2.75) is 12.8 Å². The van der Waals surface area contributed by atoms with Crippen molar-refractivity contribution in [3.8, 4) is 0 Å². The molecule has 0 atom stereocenters. The van der Waals surface area contributed by atoms with Crippen molar-refractivity contribution in [1.82, 2.24) is 0 Å². The summed E-state index contributed by atoms with van der Waals surface area (Å²) in [6, 6.07) is 10.2. The Morgan fingerprint density at radius 2 is 1.87 bits per heavy atom. The van der Waals surface area contributed by atoms with Crippen LogP contribution in [-0.4, -0.2) is 20.3 Å². The van der Waals surface area contributed by atoms with Crippen molar-refractivity contribution in [3.05, 3.63) is 56.4 Å². The van der Waals surface area contributed by atoms with Crippen LogP contribution in [-0.2, 0) is 12.8 Å². The molecule has 0 saturated heterocycles. The second-order valence-corrected chi connectivity index (χ2v) is 5.90. The average molecular weight is 261 g/mol. The van der Waals surface area contributed by atoms with E-state index in [4.69, 9.17) is 0 Å². The number of rotatable bonds is 0. The molecule has 3 rings (SSSR count). The van der Waals surface area contributed by atoms with Crippen molar-refractivity contribution in [1.29, 1.82) is 0 Å². The van der Waals surface area contributed by atoms with Crippen molar-refractivity contribution in [2.24, 2.45) is 0 Å². The third kappa shape index (κ3) is 1.50. The molecule has 1 nitrogen and oxygen atoms in total. The van der Waals surface area contributed by atoms with Crippen molar-refractivity contribution < 1.29 is 4.79 Å². The van der Waals surface area contributed by atoms with Gasteiger partial charge in [-0.2, -0.15) is 0 Å². The molecule has 0 radical (unpaired) electrons. The zero-order valence-corrected chi connectivity index (χ0v) is 9.91. The Morgan fingerprint density at radius 1 is 1.00 bits per heavy atom. The monoisotopic (exact) mass is 262 g/mol. The van der Waals surface area contributed by atoms with Crippen LogP contribution in [0.25, 0.3) is 0 Å². The zero-order valence-electron chi connectivity index (χ0n) is 8.19. The van der Waals surface area contributed by atoms with Gasteiger partial charge in [0.2, 0.25) is 0 Å². The van der Waals surface area contributed by atoms with Gasteiger partial charge in [-0.05, 0) is 0 Å². The molecule has 0 unspecified atom stereocenters. The van der Waals surface area contributed by atoms with E-state index in [0.29, 0.717) is 26.7 Å². The molecular formula is C13H10OSe. The van der Waals surface area contributed by atoms with Crippen LogP contribution in [0.15, 0.2) is 35.3 Å². The van der Waals surface area contributed by atoms with E-state index in [0.717, 1.165) is 12.0 Å². The molecular weight excluding hydrogens is 251 g/mol. The van der Waals surface area contributed by atoms with Gasteiger partial charge in [-0.1, -0.05) is 0 Å². The van der Waals surface area contributed by atoms with Crippen LogP contribution in [0, 0.1) is 0 Å². The van der Waals surface area contributed by atoms with Gasteiger partial charge in [0, 0.05) is 0 Å². The van der Waals surface area contributed by atoms with Gasteiger partial charge in [0.1, 0.15) is 0 Å². The van der Waals surface area contributed by atoms with Gasteiger partial charge >= 0.3 is 94.3 Å². The molecule has 0 aliphatic heterocycles. The van der Waals surface area contributed by atoms with Crippen LogP contribution in [0.4, 0.5) is 0 Å². The minimum absolute atomic E-state index is 0.293. The normalized spacial score (nSPS) is 14.3. The minimum atomic E-state index is 0.293. The molecule has 2 aromatic rings. The molecule has 15 heavy (non-hydrogen) atoms. The van der Waals surface area contributed by atoms with Crippen LogP contribution >= 0.6 is 0 Å². The molecule has 0 bridgehead atoms. The number of Topliss-reactive ketones (excluding diaryl/α,β-unsaturated/α-hetero) is 1. The summed E-state index contributed by atoms with van der Waals surface area (Å²) in [5, 5.41) is 0. The summed E-state index contributed by atoms with van der Waals surface area (Å²) in [4.78, 5) is 14.2. The molecule has 1 aliphatic rings. The number of ketones is 1. The summed E-state index contributed by atoms with van der Waals surface area (Å²) >= 11 is 0.424. The first-order valence-corrected chi connectivity index (χ1v) is 6.85. The quantitative estimate of drug-likeness (QED) is 0.663. The number of hydrogen-bond acceptors (Lipinski definition) is 1. The predicted octanol–water partition coefficient (Wildman–Crippen LogP) is 2.07. The van der Waals surface area contributed by atoms with E-state index < -0.39 is 0 Å². The summed E-state index contributed by atoms with van der Waals surface area (Å²) in [5.41, 5.74) is 3.50. The summed E-state index contributed by atoms with van der Waals surface area (Å²) in [6.45, 7) is 0. The summed E-state index contributed by atoms with van der Waals surface area (Å²) in [5.74, 6) is 0.293. The summed E-state index contributed by atoms with van der Waals surface area (Å²) in [7, 11) is 0. The first kappa shape index (κ1) is 9.14. The number of carbonyl (C=O) groups is 1. The topological polar surface area (TPSA) is 17.1 Å². The van der Waals surface area contributed by atoms with E-state index in [1.54, 1.807) is 0 Å². The van der Waals surface area contributed by atoms with Gasteiger partial charge in [0.05, 0.1) is 0 Å². The predicted molar refractivity (Wildman–Crippen MR) is 60.7 cm³/mol. The van der Waals surface area contributed by atoms with E-state index >= 15 is 0 Å². The van der Waals surface area contributed by atoms with Crippen LogP contribution in [0.2, 0.25) is 0 Å². The van der Waals surface area contributed by atoms with E-state index in [1.165, 1.54) is 15.6 Å². The SMILES string of the molecule is O=C1Cc2[se]ccc2Cc2ccccc21. The molecule has 1 aromatic heterocycles. The van der Waals surface area contributed by atoms with Gasteiger partial charge in [0.25, 0.3) is 0 Å². The van der Waals surface area contributed by atoms with Crippen LogP contribution in [0.1, 0.15) is 25.9 Å². The number of benzene rings is 1. The molecule has 74 valence electrons. The molecule has 0 fully saturated rings. The van der Waals surface area contributed by atoms with Crippen molar-refractivity contribution >= 4 is 20.3 Å². The third-order valence-corrected chi connectivity index (χ3v) is 4.88.